The van der Waals surface area contributed by atoms with Gasteiger partial charge in [0.05, 0.1) is 17.2 Å². The van der Waals surface area contributed by atoms with Crippen LogP contribution in [0.15, 0.2) is 24.5 Å². The number of pyridine rings is 1. The number of hydrogen-bond acceptors (Lipinski definition) is 5. The van der Waals surface area contributed by atoms with Gasteiger partial charge in [0, 0.05) is 31.4 Å². The lowest BCUT2D eigenvalue weighted by Crippen LogP contribution is -2.18. The molecule has 2 aromatic heterocycles. The van der Waals surface area contributed by atoms with Crippen molar-refractivity contribution in [2.24, 2.45) is 0 Å². The third-order valence-corrected chi connectivity index (χ3v) is 4.19. The van der Waals surface area contributed by atoms with E-state index in [2.05, 4.69) is 30.7 Å². The van der Waals surface area contributed by atoms with Crippen LogP contribution in [0.2, 0.25) is 0 Å². The topological polar surface area (TPSA) is 49.2 Å². The van der Waals surface area contributed by atoms with E-state index in [0.29, 0.717) is 0 Å². The molecule has 0 spiro atoms. The molecule has 0 radical (unpaired) electrons. The minimum absolute atomic E-state index is 0.0490. The first-order chi connectivity index (χ1) is 9.41. The van der Waals surface area contributed by atoms with Crippen molar-refractivity contribution in [1.29, 1.82) is 0 Å². The van der Waals surface area contributed by atoms with Gasteiger partial charge in [0.15, 0.2) is 5.13 Å². The highest BCUT2D eigenvalue weighted by Crippen LogP contribution is 2.33. The molecule has 0 amide bonds. The van der Waals surface area contributed by atoms with Gasteiger partial charge in [0.25, 0.3) is 0 Å². The van der Waals surface area contributed by atoms with Crippen molar-refractivity contribution in [3.8, 4) is 0 Å². The van der Waals surface area contributed by atoms with Gasteiger partial charge in [-0.25, -0.2) is 4.98 Å². The van der Waals surface area contributed by atoms with E-state index in [1.807, 2.05) is 19.2 Å². The quantitative estimate of drug-likeness (QED) is 0.941. The molecule has 0 aliphatic heterocycles. The van der Waals surface area contributed by atoms with Crippen molar-refractivity contribution in [2.45, 2.75) is 39.3 Å². The van der Waals surface area contributed by atoms with Crippen LogP contribution in [-0.2, 0) is 18.6 Å². The highest BCUT2D eigenvalue weighted by molar-refractivity contribution is 7.15. The van der Waals surface area contributed by atoms with E-state index >= 15 is 0 Å². The normalized spacial score (nSPS) is 11.7. The van der Waals surface area contributed by atoms with Gasteiger partial charge in [-0.1, -0.05) is 32.1 Å². The zero-order valence-electron chi connectivity index (χ0n) is 12.4. The van der Waals surface area contributed by atoms with E-state index in [-0.39, 0.29) is 12.0 Å². The number of aliphatic hydroxyl groups excluding tert-OH is 1. The maximum atomic E-state index is 9.51. The van der Waals surface area contributed by atoms with Gasteiger partial charge in [0.1, 0.15) is 0 Å². The van der Waals surface area contributed by atoms with Crippen LogP contribution >= 0.6 is 11.3 Å². The summed E-state index contributed by atoms with van der Waals surface area (Å²) < 4.78 is 0. The van der Waals surface area contributed by atoms with Gasteiger partial charge >= 0.3 is 0 Å². The molecule has 0 atom stereocenters. The lowest BCUT2D eigenvalue weighted by molar-refractivity contribution is 0.282. The number of nitrogens with zero attached hydrogens (tertiary/aromatic N) is 3. The molecule has 0 bridgehead atoms. The Bertz CT molecular complexity index is 560. The molecule has 0 aromatic carbocycles. The second-order valence-corrected chi connectivity index (χ2v) is 6.95. The molecule has 0 aliphatic rings. The van der Waals surface area contributed by atoms with Crippen LogP contribution in [0.1, 0.15) is 36.9 Å². The number of anilines is 1. The third-order valence-electron chi connectivity index (χ3n) is 3.04. The summed E-state index contributed by atoms with van der Waals surface area (Å²) in [6, 6.07) is 4.00. The van der Waals surface area contributed by atoms with Gasteiger partial charge in [-0.15, -0.1) is 0 Å². The number of aromatic nitrogens is 2. The maximum Gasteiger partial charge on any atom is 0.185 e. The van der Waals surface area contributed by atoms with Gasteiger partial charge < -0.3 is 10.0 Å². The smallest absolute Gasteiger partial charge is 0.185 e. The molecule has 0 saturated heterocycles. The van der Waals surface area contributed by atoms with Crippen LogP contribution in [0.25, 0.3) is 0 Å². The Hall–Kier alpha value is -1.46. The summed E-state index contributed by atoms with van der Waals surface area (Å²) in [4.78, 5) is 11.8. The predicted molar refractivity (Wildman–Crippen MR) is 83.1 cm³/mol. The highest BCUT2D eigenvalue weighted by Gasteiger charge is 2.23. The summed E-state index contributed by atoms with van der Waals surface area (Å²) in [7, 11) is 2.02. The van der Waals surface area contributed by atoms with Crippen molar-refractivity contribution < 1.29 is 5.11 Å². The van der Waals surface area contributed by atoms with Crippen molar-refractivity contribution in [3.05, 3.63) is 40.7 Å². The van der Waals surface area contributed by atoms with E-state index in [0.717, 1.165) is 22.2 Å². The molecule has 1 N–H and O–H groups in total. The Morgan fingerprint density at radius 1 is 1.25 bits per heavy atom. The fourth-order valence-corrected chi connectivity index (χ4v) is 3.12. The van der Waals surface area contributed by atoms with Crippen LogP contribution in [-0.4, -0.2) is 22.1 Å². The largest absolute Gasteiger partial charge is 0.391 e. The first kappa shape index (κ1) is 14.9. The third kappa shape index (κ3) is 3.35. The Morgan fingerprint density at radius 3 is 2.40 bits per heavy atom. The maximum absolute atomic E-state index is 9.51. The fraction of sp³-hybridized carbons (Fsp3) is 0.467. The van der Waals surface area contributed by atoms with Crippen LogP contribution in [0.4, 0.5) is 5.13 Å². The van der Waals surface area contributed by atoms with Crippen molar-refractivity contribution in [2.75, 3.05) is 11.9 Å². The van der Waals surface area contributed by atoms with Crippen molar-refractivity contribution in [1.82, 2.24) is 9.97 Å². The first-order valence-electron chi connectivity index (χ1n) is 6.63. The zero-order chi connectivity index (χ0) is 14.8. The van der Waals surface area contributed by atoms with E-state index in [4.69, 9.17) is 4.98 Å². The molecule has 2 heterocycles. The summed E-state index contributed by atoms with van der Waals surface area (Å²) in [5, 5.41) is 10.5. The Balaban J connectivity index is 2.23. The lowest BCUT2D eigenvalue weighted by atomic mass is 9.91. The molecule has 0 unspecified atom stereocenters. The van der Waals surface area contributed by atoms with Crippen LogP contribution in [0, 0.1) is 0 Å². The molecule has 108 valence electrons. The number of aliphatic hydroxyl groups is 1. The summed E-state index contributed by atoms with van der Waals surface area (Å²) >= 11 is 1.56. The monoisotopic (exact) mass is 291 g/mol. The van der Waals surface area contributed by atoms with E-state index in [1.165, 1.54) is 5.56 Å². The number of rotatable bonds is 4. The summed E-state index contributed by atoms with van der Waals surface area (Å²) in [6.45, 7) is 7.19. The van der Waals surface area contributed by atoms with Crippen LogP contribution in [0.3, 0.4) is 0 Å². The molecule has 5 heteroatoms. The van der Waals surface area contributed by atoms with Gasteiger partial charge in [0.2, 0.25) is 0 Å². The molecule has 20 heavy (non-hydrogen) atoms. The Morgan fingerprint density at radius 2 is 1.90 bits per heavy atom. The molecule has 0 fully saturated rings. The number of thiazole rings is 1. The zero-order valence-corrected chi connectivity index (χ0v) is 13.2. The molecule has 0 aliphatic carbocycles. The molecule has 2 rings (SSSR count). The highest BCUT2D eigenvalue weighted by atomic mass is 32.1. The molecule has 2 aromatic rings. The predicted octanol–water partition coefficient (Wildman–Crippen LogP) is 2.96. The Kier molecular flexibility index (Phi) is 4.40. The van der Waals surface area contributed by atoms with E-state index in [9.17, 15) is 5.11 Å². The van der Waals surface area contributed by atoms with Crippen molar-refractivity contribution in [3.63, 3.8) is 0 Å². The lowest BCUT2D eigenvalue weighted by Gasteiger charge is -2.18. The number of hydrogen-bond donors (Lipinski definition) is 1. The van der Waals surface area contributed by atoms with Gasteiger partial charge in [-0.05, 0) is 17.7 Å². The molecular weight excluding hydrogens is 270 g/mol. The van der Waals surface area contributed by atoms with E-state index < -0.39 is 0 Å². The Labute approximate surface area is 124 Å². The second kappa shape index (κ2) is 5.89. The SMILES string of the molecule is CN(Cc1ccncc1)c1nc(C(C)(C)C)c(CO)s1. The minimum Gasteiger partial charge on any atom is -0.391 e. The molecule has 0 saturated carbocycles. The first-order valence-corrected chi connectivity index (χ1v) is 7.44. The minimum atomic E-state index is -0.0513. The summed E-state index contributed by atoms with van der Waals surface area (Å²) in [5.74, 6) is 0. The van der Waals surface area contributed by atoms with Gasteiger partial charge in [-0.3, -0.25) is 4.98 Å². The summed E-state index contributed by atoms with van der Waals surface area (Å²) in [5.41, 5.74) is 2.13. The van der Waals surface area contributed by atoms with Crippen LogP contribution < -0.4 is 4.90 Å². The summed E-state index contributed by atoms with van der Waals surface area (Å²) in [6.07, 6.45) is 3.59. The molecule has 4 nitrogen and oxygen atoms in total. The standard InChI is InChI=1S/C15H21N3OS/c1-15(2,3)13-12(10-19)20-14(17-13)18(4)9-11-5-7-16-8-6-11/h5-8,19H,9-10H2,1-4H3. The second-order valence-electron chi connectivity index (χ2n) is 5.89. The van der Waals surface area contributed by atoms with Crippen molar-refractivity contribution >= 4 is 16.5 Å². The van der Waals surface area contributed by atoms with E-state index in [1.54, 1.807) is 23.7 Å². The van der Waals surface area contributed by atoms with Crippen LogP contribution in [0.5, 0.6) is 0 Å². The molecular formula is C15H21N3OS. The average Bonchev–Trinajstić information content (AvgIpc) is 2.84. The fourth-order valence-electron chi connectivity index (χ4n) is 2.03. The average molecular weight is 291 g/mol. The van der Waals surface area contributed by atoms with Gasteiger partial charge in [-0.2, -0.15) is 0 Å².